The van der Waals surface area contributed by atoms with Crippen molar-refractivity contribution in [2.24, 2.45) is 5.73 Å². The van der Waals surface area contributed by atoms with Gasteiger partial charge >= 0.3 is 5.97 Å². The van der Waals surface area contributed by atoms with Crippen molar-refractivity contribution < 1.29 is 19.5 Å². The van der Waals surface area contributed by atoms with Gasteiger partial charge in [0.2, 0.25) is 5.91 Å². The number of nitrogens with one attached hydrogen (secondary N) is 1. The third-order valence-corrected chi connectivity index (χ3v) is 2.10. The predicted octanol–water partition coefficient (Wildman–Crippen LogP) is -1.21. The number of hydrogen-bond acceptors (Lipinski definition) is 5. The molecular formula is C8H14N2O4S. The lowest BCUT2D eigenvalue weighted by Crippen LogP contribution is -2.38. The van der Waals surface area contributed by atoms with E-state index in [1.807, 2.05) is 0 Å². The van der Waals surface area contributed by atoms with Gasteiger partial charge in [-0.25, -0.2) is 0 Å². The van der Waals surface area contributed by atoms with Crippen LogP contribution in [0.3, 0.4) is 0 Å². The van der Waals surface area contributed by atoms with Gasteiger partial charge in [-0.05, 0) is 6.42 Å². The van der Waals surface area contributed by atoms with Crippen LogP contribution < -0.4 is 11.1 Å². The molecule has 0 rings (SSSR count). The first-order chi connectivity index (χ1) is 7.01. The van der Waals surface area contributed by atoms with Crippen LogP contribution in [0.15, 0.2) is 0 Å². The Labute approximate surface area is 92.6 Å². The van der Waals surface area contributed by atoms with Crippen molar-refractivity contribution in [3.05, 3.63) is 0 Å². The smallest absolute Gasteiger partial charge is 0.320 e. The number of carbonyl (C=O) groups excluding carboxylic acids is 2. The fourth-order valence-corrected chi connectivity index (χ4v) is 0.989. The van der Waals surface area contributed by atoms with Crippen LogP contribution in [0, 0.1) is 0 Å². The quantitative estimate of drug-likeness (QED) is 0.326. The summed E-state index contributed by atoms with van der Waals surface area (Å²) in [7, 11) is 0. The summed E-state index contributed by atoms with van der Waals surface area (Å²) in [5.74, 6) is -1.35. The molecule has 15 heavy (non-hydrogen) atoms. The third-order valence-electron chi connectivity index (χ3n) is 1.71. The maximum Gasteiger partial charge on any atom is 0.320 e. The van der Waals surface area contributed by atoms with E-state index in [4.69, 9.17) is 10.8 Å². The Bertz CT molecular complexity index is 247. The Morgan fingerprint density at radius 1 is 1.53 bits per heavy atom. The highest BCUT2D eigenvalue weighted by molar-refractivity contribution is 7.80. The minimum Gasteiger partial charge on any atom is -0.480 e. The number of aldehydes is 1. The molecule has 0 fully saturated rings. The highest BCUT2D eigenvalue weighted by Gasteiger charge is 2.15. The molecule has 0 heterocycles. The summed E-state index contributed by atoms with van der Waals surface area (Å²) in [6.45, 7) is 0. The van der Waals surface area contributed by atoms with Crippen LogP contribution in [0.1, 0.15) is 12.8 Å². The molecule has 0 saturated heterocycles. The molecular weight excluding hydrogens is 220 g/mol. The number of carbonyl (C=O) groups is 3. The molecule has 0 spiro atoms. The first-order valence-corrected chi connectivity index (χ1v) is 4.98. The number of hydrogen-bond donors (Lipinski definition) is 4. The Morgan fingerprint density at radius 3 is 2.53 bits per heavy atom. The molecule has 2 atom stereocenters. The summed E-state index contributed by atoms with van der Waals surface area (Å²) in [5, 5.41) is 10.8. The molecule has 0 aromatic rings. The summed E-state index contributed by atoms with van der Waals surface area (Å²) in [5.41, 5.74) is 5.20. The molecule has 0 unspecified atom stereocenters. The fraction of sp³-hybridized carbons (Fsp3) is 0.625. The number of carboxylic acid groups (broad SMARTS) is 1. The van der Waals surface area contributed by atoms with Gasteiger partial charge in [-0.2, -0.15) is 12.6 Å². The molecule has 0 radical (unpaired) electrons. The van der Waals surface area contributed by atoms with E-state index in [0.29, 0.717) is 6.29 Å². The first-order valence-electron chi connectivity index (χ1n) is 4.35. The second kappa shape index (κ2) is 7.24. The van der Waals surface area contributed by atoms with E-state index in [2.05, 4.69) is 17.9 Å². The second-order valence-electron chi connectivity index (χ2n) is 2.98. The molecule has 6 nitrogen and oxygen atoms in total. The van der Waals surface area contributed by atoms with E-state index in [1.54, 1.807) is 0 Å². The van der Waals surface area contributed by atoms with Gasteiger partial charge in [-0.15, -0.1) is 0 Å². The molecule has 0 aromatic carbocycles. The van der Waals surface area contributed by atoms with Crippen LogP contribution >= 0.6 is 12.6 Å². The SMILES string of the molecule is N[C@@H](CCC(=O)N[C@H](C=O)CS)C(=O)O. The lowest BCUT2D eigenvalue weighted by Gasteiger charge is -2.10. The number of rotatable bonds is 7. The maximum atomic E-state index is 11.1. The molecule has 7 heteroatoms. The van der Waals surface area contributed by atoms with Crippen molar-refractivity contribution in [1.82, 2.24) is 5.32 Å². The number of carboxylic acids is 1. The van der Waals surface area contributed by atoms with Crippen molar-refractivity contribution >= 4 is 30.8 Å². The van der Waals surface area contributed by atoms with Gasteiger partial charge in [-0.3, -0.25) is 9.59 Å². The van der Waals surface area contributed by atoms with Crippen LogP contribution in [0.2, 0.25) is 0 Å². The Balaban J connectivity index is 3.84. The Hall–Kier alpha value is -1.08. The second-order valence-corrected chi connectivity index (χ2v) is 3.34. The Kier molecular flexibility index (Phi) is 6.72. The fourth-order valence-electron chi connectivity index (χ4n) is 0.812. The highest BCUT2D eigenvalue weighted by Crippen LogP contribution is 1.95. The molecule has 0 aliphatic carbocycles. The minimum atomic E-state index is -1.15. The summed E-state index contributed by atoms with van der Waals surface area (Å²) in [6, 6.07) is -1.69. The summed E-state index contributed by atoms with van der Waals surface area (Å²) in [6.07, 6.45) is 0.590. The number of nitrogens with two attached hydrogens (primary N) is 1. The van der Waals surface area contributed by atoms with Crippen molar-refractivity contribution in [1.29, 1.82) is 0 Å². The molecule has 0 saturated carbocycles. The summed E-state index contributed by atoms with van der Waals surface area (Å²) >= 11 is 3.85. The standard InChI is InChI=1S/C8H14N2O4S/c9-6(8(13)14)1-2-7(12)10-5(3-11)4-15/h3,5-6,15H,1-2,4,9H2,(H,10,12)(H,13,14)/t5-,6+/m1/s1. The molecule has 86 valence electrons. The van der Waals surface area contributed by atoms with E-state index < -0.39 is 24.0 Å². The van der Waals surface area contributed by atoms with Gasteiger partial charge < -0.3 is 21.0 Å². The van der Waals surface area contributed by atoms with Gasteiger partial charge in [-0.1, -0.05) is 0 Å². The zero-order valence-electron chi connectivity index (χ0n) is 8.05. The van der Waals surface area contributed by atoms with Gasteiger partial charge in [0, 0.05) is 12.2 Å². The van der Waals surface area contributed by atoms with Crippen LogP contribution in [0.25, 0.3) is 0 Å². The molecule has 1 amide bonds. The maximum absolute atomic E-state index is 11.1. The van der Waals surface area contributed by atoms with Gasteiger partial charge in [0.1, 0.15) is 12.3 Å². The van der Waals surface area contributed by atoms with Crippen molar-refractivity contribution in [2.75, 3.05) is 5.75 Å². The topological polar surface area (TPSA) is 109 Å². The van der Waals surface area contributed by atoms with E-state index >= 15 is 0 Å². The van der Waals surface area contributed by atoms with Gasteiger partial charge in [0.15, 0.2) is 0 Å². The van der Waals surface area contributed by atoms with E-state index in [9.17, 15) is 14.4 Å². The number of aliphatic carboxylic acids is 1. The van der Waals surface area contributed by atoms with Crippen LogP contribution in [-0.2, 0) is 14.4 Å². The molecule has 0 bridgehead atoms. The lowest BCUT2D eigenvalue weighted by atomic mass is 10.1. The largest absolute Gasteiger partial charge is 0.480 e. The summed E-state index contributed by atoms with van der Waals surface area (Å²) < 4.78 is 0. The zero-order valence-corrected chi connectivity index (χ0v) is 8.94. The van der Waals surface area contributed by atoms with Crippen LogP contribution in [0.5, 0.6) is 0 Å². The molecule has 0 aromatic heterocycles. The summed E-state index contributed by atoms with van der Waals surface area (Å²) in [4.78, 5) is 31.8. The third kappa shape index (κ3) is 6.08. The molecule has 0 aliphatic heterocycles. The number of thiol groups is 1. The van der Waals surface area contributed by atoms with Crippen molar-refractivity contribution in [3.63, 3.8) is 0 Å². The predicted molar refractivity (Wildman–Crippen MR) is 56.7 cm³/mol. The first kappa shape index (κ1) is 13.9. The highest BCUT2D eigenvalue weighted by atomic mass is 32.1. The molecule has 4 N–H and O–H groups in total. The minimum absolute atomic E-state index is 0.0222. The van der Waals surface area contributed by atoms with Crippen molar-refractivity contribution in [3.8, 4) is 0 Å². The average molecular weight is 234 g/mol. The van der Waals surface area contributed by atoms with Crippen LogP contribution in [-0.4, -0.2) is 41.1 Å². The van der Waals surface area contributed by atoms with E-state index in [0.717, 1.165) is 0 Å². The zero-order chi connectivity index (χ0) is 11.8. The molecule has 0 aliphatic rings. The average Bonchev–Trinajstić information content (AvgIpc) is 2.22. The van der Waals surface area contributed by atoms with Gasteiger partial charge in [0.05, 0.1) is 6.04 Å². The van der Waals surface area contributed by atoms with Crippen molar-refractivity contribution in [2.45, 2.75) is 24.9 Å². The van der Waals surface area contributed by atoms with Gasteiger partial charge in [0.25, 0.3) is 0 Å². The monoisotopic (exact) mass is 234 g/mol. The lowest BCUT2D eigenvalue weighted by molar-refractivity contribution is -0.138. The van der Waals surface area contributed by atoms with E-state index in [1.165, 1.54) is 0 Å². The van der Waals surface area contributed by atoms with E-state index in [-0.39, 0.29) is 18.6 Å². The normalized spacial score (nSPS) is 14.0. The number of amides is 1. The van der Waals surface area contributed by atoms with Crippen LogP contribution in [0.4, 0.5) is 0 Å². The Morgan fingerprint density at radius 2 is 2.13 bits per heavy atom.